The summed E-state index contributed by atoms with van der Waals surface area (Å²) in [5.74, 6) is -0.532. The van der Waals surface area contributed by atoms with Crippen molar-refractivity contribution in [3.8, 4) is 0 Å². The molecule has 1 aliphatic carbocycles. The number of imide groups is 2. The first-order valence-electron chi connectivity index (χ1n) is 6.06. The second kappa shape index (κ2) is 4.15. The van der Waals surface area contributed by atoms with E-state index in [1.54, 1.807) is 0 Å². The molecule has 0 atom stereocenters. The van der Waals surface area contributed by atoms with Crippen LogP contribution in [-0.4, -0.2) is 39.4 Å². The van der Waals surface area contributed by atoms with Crippen LogP contribution in [0.5, 0.6) is 0 Å². The molecule has 8 nitrogen and oxygen atoms in total. The van der Waals surface area contributed by atoms with Crippen molar-refractivity contribution >= 4 is 17.8 Å². The first-order chi connectivity index (χ1) is 9.13. The van der Waals surface area contributed by atoms with Gasteiger partial charge in [-0.3, -0.25) is 19.8 Å². The van der Waals surface area contributed by atoms with E-state index in [0.717, 1.165) is 11.3 Å². The van der Waals surface area contributed by atoms with E-state index in [-0.39, 0.29) is 13.0 Å². The van der Waals surface area contributed by atoms with Crippen molar-refractivity contribution in [1.82, 2.24) is 20.4 Å². The van der Waals surface area contributed by atoms with Gasteiger partial charge in [-0.2, -0.15) is 4.98 Å². The largest absolute Gasteiger partial charge is 0.340 e. The average molecular weight is 264 g/mol. The Balaban J connectivity index is 1.74. The third-order valence-corrected chi connectivity index (χ3v) is 3.72. The maximum atomic E-state index is 12.3. The highest BCUT2D eigenvalue weighted by Crippen LogP contribution is 2.44. The lowest BCUT2D eigenvalue weighted by Crippen LogP contribution is -2.66. The van der Waals surface area contributed by atoms with Crippen LogP contribution in [0.1, 0.15) is 25.2 Å². The quantitative estimate of drug-likeness (QED) is 0.762. The van der Waals surface area contributed by atoms with Crippen molar-refractivity contribution in [3.05, 3.63) is 12.2 Å². The molecule has 0 bridgehead atoms. The molecule has 2 heterocycles. The van der Waals surface area contributed by atoms with E-state index in [1.807, 2.05) is 0 Å². The zero-order valence-corrected chi connectivity index (χ0v) is 10.1. The molecule has 8 heteroatoms. The Labute approximate surface area is 108 Å². The normalized spacial score (nSPS) is 21.5. The highest BCUT2D eigenvalue weighted by atomic mass is 16.5. The van der Waals surface area contributed by atoms with Gasteiger partial charge in [-0.25, -0.2) is 4.79 Å². The number of urea groups is 1. The van der Waals surface area contributed by atoms with Gasteiger partial charge in [-0.1, -0.05) is 11.6 Å². The molecule has 2 fully saturated rings. The highest BCUT2D eigenvalue weighted by Gasteiger charge is 2.57. The SMILES string of the molecule is O=C1NC(=O)C2(CCC2)C(=O)N1CCc1ncno1. The summed E-state index contributed by atoms with van der Waals surface area (Å²) in [6.45, 7) is 0.127. The van der Waals surface area contributed by atoms with E-state index >= 15 is 0 Å². The van der Waals surface area contributed by atoms with Gasteiger partial charge in [0.1, 0.15) is 5.41 Å². The first-order valence-corrected chi connectivity index (χ1v) is 6.06. The third kappa shape index (κ3) is 1.71. The van der Waals surface area contributed by atoms with Crippen LogP contribution in [0.3, 0.4) is 0 Å². The van der Waals surface area contributed by atoms with Gasteiger partial charge in [0.05, 0.1) is 0 Å². The number of hydrogen-bond acceptors (Lipinski definition) is 6. The fraction of sp³-hybridized carbons (Fsp3) is 0.545. The van der Waals surface area contributed by atoms with Gasteiger partial charge in [0.2, 0.25) is 17.7 Å². The molecule has 1 N–H and O–H groups in total. The molecule has 2 aliphatic rings. The molecule has 0 aromatic carbocycles. The zero-order valence-electron chi connectivity index (χ0n) is 10.1. The summed E-state index contributed by atoms with van der Waals surface area (Å²) in [6.07, 6.45) is 3.36. The first kappa shape index (κ1) is 11.8. The van der Waals surface area contributed by atoms with E-state index in [1.165, 1.54) is 6.33 Å². The lowest BCUT2D eigenvalue weighted by Gasteiger charge is -2.44. The Morgan fingerprint density at radius 1 is 1.37 bits per heavy atom. The summed E-state index contributed by atoms with van der Waals surface area (Å²) >= 11 is 0. The van der Waals surface area contributed by atoms with Gasteiger partial charge in [-0.15, -0.1) is 0 Å². The molecule has 1 spiro atoms. The average Bonchev–Trinajstić information content (AvgIpc) is 2.79. The third-order valence-electron chi connectivity index (χ3n) is 3.72. The topological polar surface area (TPSA) is 105 Å². The molecule has 0 radical (unpaired) electrons. The zero-order chi connectivity index (χ0) is 13.5. The molecular formula is C11H12N4O4. The van der Waals surface area contributed by atoms with Crippen molar-refractivity contribution in [2.24, 2.45) is 5.41 Å². The fourth-order valence-electron chi connectivity index (χ4n) is 2.42. The van der Waals surface area contributed by atoms with E-state index in [0.29, 0.717) is 18.7 Å². The summed E-state index contributed by atoms with van der Waals surface area (Å²) < 4.78 is 4.81. The molecule has 1 aliphatic heterocycles. The minimum atomic E-state index is -1.03. The Morgan fingerprint density at radius 2 is 2.16 bits per heavy atom. The Kier molecular flexibility index (Phi) is 2.58. The second-order valence-corrected chi connectivity index (χ2v) is 4.74. The van der Waals surface area contributed by atoms with Crippen molar-refractivity contribution in [1.29, 1.82) is 0 Å². The molecule has 3 rings (SSSR count). The van der Waals surface area contributed by atoms with Gasteiger partial charge < -0.3 is 4.52 Å². The number of carbonyl (C=O) groups is 3. The van der Waals surface area contributed by atoms with Crippen LogP contribution in [0.15, 0.2) is 10.9 Å². The highest BCUT2D eigenvalue weighted by molar-refractivity contribution is 6.19. The summed E-state index contributed by atoms with van der Waals surface area (Å²) in [4.78, 5) is 40.7. The number of nitrogens with one attached hydrogen (secondary N) is 1. The molecule has 19 heavy (non-hydrogen) atoms. The van der Waals surface area contributed by atoms with Crippen LogP contribution >= 0.6 is 0 Å². The van der Waals surface area contributed by atoms with Crippen LogP contribution in [0.2, 0.25) is 0 Å². The lowest BCUT2D eigenvalue weighted by molar-refractivity contribution is -0.157. The van der Waals surface area contributed by atoms with Crippen LogP contribution in [0.4, 0.5) is 4.79 Å². The standard InChI is InChI=1S/C11H12N4O4/c16-8-11(3-1-4-11)9(17)15(10(18)14-8)5-2-7-12-6-13-19-7/h6H,1-5H2,(H,14,16,18). The van der Waals surface area contributed by atoms with Gasteiger partial charge in [-0.05, 0) is 12.8 Å². The van der Waals surface area contributed by atoms with E-state index in [9.17, 15) is 14.4 Å². The maximum Gasteiger partial charge on any atom is 0.330 e. The van der Waals surface area contributed by atoms with Crippen LogP contribution in [0, 0.1) is 5.41 Å². The summed E-state index contributed by atoms with van der Waals surface area (Å²) in [7, 11) is 0. The Bertz CT molecular complexity index is 535. The van der Waals surface area contributed by atoms with E-state index in [4.69, 9.17) is 4.52 Å². The van der Waals surface area contributed by atoms with Gasteiger partial charge in [0.15, 0.2) is 6.33 Å². The summed E-state index contributed by atoms with van der Waals surface area (Å²) in [5.41, 5.74) is -1.03. The smallest absolute Gasteiger partial charge is 0.330 e. The number of nitrogens with zero attached hydrogens (tertiary/aromatic N) is 3. The lowest BCUT2D eigenvalue weighted by atomic mass is 9.66. The van der Waals surface area contributed by atoms with Crippen LogP contribution in [0.25, 0.3) is 0 Å². The maximum absolute atomic E-state index is 12.3. The predicted molar refractivity (Wildman–Crippen MR) is 59.5 cm³/mol. The predicted octanol–water partition coefficient (Wildman–Crippen LogP) is -0.139. The summed E-state index contributed by atoms with van der Waals surface area (Å²) in [6, 6.07) is -0.674. The van der Waals surface area contributed by atoms with E-state index < -0.39 is 23.3 Å². The molecule has 1 saturated carbocycles. The number of barbiturate groups is 1. The molecule has 4 amide bonds. The van der Waals surface area contributed by atoms with Gasteiger partial charge in [0.25, 0.3) is 0 Å². The number of carbonyl (C=O) groups excluding carboxylic acids is 3. The summed E-state index contributed by atoms with van der Waals surface area (Å²) in [5, 5.41) is 5.69. The van der Waals surface area contributed by atoms with Crippen LogP contribution < -0.4 is 5.32 Å². The van der Waals surface area contributed by atoms with Crippen molar-refractivity contribution in [3.63, 3.8) is 0 Å². The molecular weight excluding hydrogens is 252 g/mol. The number of rotatable bonds is 3. The fourth-order valence-corrected chi connectivity index (χ4v) is 2.42. The Morgan fingerprint density at radius 3 is 2.74 bits per heavy atom. The minimum absolute atomic E-state index is 0.127. The van der Waals surface area contributed by atoms with Crippen molar-refractivity contribution < 1.29 is 18.9 Å². The molecule has 1 saturated heterocycles. The minimum Gasteiger partial charge on any atom is -0.340 e. The molecule has 100 valence electrons. The molecule has 1 aromatic heterocycles. The Hall–Kier alpha value is -2.25. The van der Waals surface area contributed by atoms with E-state index in [2.05, 4.69) is 15.5 Å². The number of hydrogen-bond donors (Lipinski definition) is 1. The second-order valence-electron chi connectivity index (χ2n) is 4.74. The van der Waals surface area contributed by atoms with Gasteiger partial charge in [0, 0.05) is 13.0 Å². The van der Waals surface area contributed by atoms with Gasteiger partial charge >= 0.3 is 6.03 Å². The number of amides is 4. The van der Waals surface area contributed by atoms with Crippen molar-refractivity contribution in [2.75, 3.05) is 6.54 Å². The van der Waals surface area contributed by atoms with Crippen molar-refractivity contribution in [2.45, 2.75) is 25.7 Å². The number of aromatic nitrogens is 2. The molecule has 1 aromatic rings. The van der Waals surface area contributed by atoms with Crippen LogP contribution in [-0.2, 0) is 16.0 Å². The monoisotopic (exact) mass is 264 g/mol. The molecule has 0 unspecified atom stereocenters.